The molecule has 90 valence electrons. The largest absolute Gasteiger partial charge is 0.289 e. The van der Waals surface area contributed by atoms with Crippen molar-refractivity contribution in [2.45, 2.75) is 13.8 Å². The fourth-order valence-electron chi connectivity index (χ4n) is 2.46. The molecule has 0 N–H and O–H groups in total. The Morgan fingerprint density at radius 1 is 0.889 bits per heavy atom. The third kappa shape index (κ3) is 1.38. The van der Waals surface area contributed by atoms with Crippen LogP contribution in [-0.4, -0.2) is 5.78 Å². The molecule has 0 amide bonds. The second-order valence-corrected chi connectivity index (χ2v) is 5.33. The van der Waals surface area contributed by atoms with E-state index in [1.54, 1.807) is 12.1 Å². The van der Waals surface area contributed by atoms with E-state index in [1.165, 1.54) is 0 Å². The highest BCUT2D eigenvalue weighted by Crippen LogP contribution is 2.45. The standard InChI is InChI=1S/C15H10Cl2O/c1-7-3-4-9-12(8(7)2)13-10(15(9)18)5-6-11(16)14(13)17/h3-6H,1-2H3. The van der Waals surface area contributed by atoms with Crippen LogP contribution in [0.3, 0.4) is 0 Å². The summed E-state index contributed by atoms with van der Waals surface area (Å²) < 4.78 is 0. The summed E-state index contributed by atoms with van der Waals surface area (Å²) >= 11 is 12.3. The van der Waals surface area contributed by atoms with Gasteiger partial charge in [-0.15, -0.1) is 0 Å². The molecule has 1 aliphatic carbocycles. The van der Waals surface area contributed by atoms with Gasteiger partial charge in [0.2, 0.25) is 0 Å². The number of rotatable bonds is 0. The highest BCUT2D eigenvalue weighted by Gasteiger charge is 2.31. The van der Waals surface area contributed by atoms with Crippen molar-refractivity contribution in [2.75, 3.05) is 0 Å². The quantitative estimate of drug-likeness (QED) is 0.575. The van der Waals surface area contributed by atoms with Crippen molar-refractivity contribution >= 4 is 29.0 Å². The topological polar surface area (TPSA) is 17.1 Å². The number of ketones is 1. The molecule has 0 saturated carbocycles. The minimum Gasteiger partial charge on any atom is -0.289 e. The molecule has 2 aromatic carbocycles. The first-order valence-corrected chi connectivity index (χ1v) is 6.41. The molecule has 0 saturated heterocycles. The third-order valence-corrected chi connectivity index (χ3v) is 4.37. The SMILES string of the molecule is Cc1ccc2c(c1C)-c1c(ccc(Cl)c1Cl)C2=O. The van der Waals surface area contributed by atoms with Crippen molar-refractivity contribution in [3.8, 4) is 11.1 Å². The first-order valence-electron chi connectivity index (χ1n) is 5.65. The van der Waals surface area contributed by atoms with E-state index in [0.717, 1.165) is 27.8 Å². The van der Waals surface area contributed by atoms with E-state index < -0.39 is 0 Å². The minimum absolute atomic E-state index is 0.0293. The zero-order chi connectivity index (χ0) is 13.0. The van der Waals surface area contributed by atoms with Gasteiger partial charge in [-0.25, -0.2) is 0 Å². The molecule has 3 heteroatoms. The predicted molar refractivity (Wildman–Crippen MR) is 74.8 cm³/mol. The molecular weight excluding hydrogens is 267 g/mol. The number of benzene rings is 2. The molecule has 0 aliphatic heterocycles. The van der Waals surface area contributed by atoms with Gasteiger partial charge in [-0.3, -0.25) is 4.79 Å². The monoisotopic (exact) mass is 276 g/mol. The summed E-state index contributed by atoms with van der Waals surface area (Å²) in [6.07, 6.45) is 0. The van der Waals surface area contributed by atoms with Crippen molar-refractivity contribution in [1.82, 2.24) is 0 Å². The van der Waals surface area contributed by atoms with E-state index in [0.29, 0.717) is 15.6 Å². The molecule has 0 unspecified atom stereocenters. The molecule has 0 spiro atoms. The van der Waals surface area contributed by atoms with Gasteiger partial charge < -0.3 is 0 Å². The van der Waals surface area contributed by atoms with Crippen molar-refractivity contribution in [1.29, 1.82) is 0 Å². The lowest BCUT2D eigenvalue weighted by molar-refractivity contribution is 0.104. The van der Waals surface area contributed by atoms with E-state index in [2.05, 4.69) is 0 Å². The van der Waals surface area contributed by atoms with Gasteiger partial charge in [-0.1, -0.05) is 35.3 Å². The zero-order valence-electron chi connectivity index (χ0n) is 9.97. The highest BCUT2D eigenvalue weighted by atomic mass is 35.5. The van der Waals surface area contributed by atoms with Crippen LogP contribution in [0.25, 0.3) is 11.1 Å². The maximum absolute atomic E-state index is 12.3. The molecule has 0 bridgehead atoms. The summed E-state index contributed by atoms with van der Waals surface area (Å²) in [6.45, 7) is 4.03. The normalized spacial score (nSPS) is 12.6. The maximum atomic E-state index is 12.3. The van der Waals surface area contributed by atoms with E-state index in [-0.39, 0.29) is 5.78 Å². The first kappa shape index (κ1) is 11.8. The van der Waals surface area contributed by atoms with Gasteiger partial charge in [0.25, 0.3) is 0 Å². The van der Waals surface area contributed by atoms with Crippen LogP contribution in [-0.2, 0) is 0 Å². The Morgan fingerprint density at radius 2 is 1.50 bits per heavy atom. The molecule has 0 radical (unpaired) electrons. The number of aryl methyl sites for hydroxylation is 1. The Bertz CT molecular complexity index is 643. The summed E-state index contributed by atoms with van der Waals surface area (Å²) in [4.78, 5) is 12.3. The molecule has 0 aromatic heterocycles. The molecular formula is C15H10Cl2O. The molecule has 0 fully saturated rings. The first-order chi connectivity index (χ1) is 8.52. The van der Waals surface area contributed by atoms with Crippen LogP contribution >= 0.6 is 23.2 Å². The molecule has 1 aliphatic rings. The predicted octanol–water partition coefficient (Wildman–Crippen LogP) is 4.82. The fourth-order valence-corrected chi connectivity index (χ4v) is 2.87. The summed E-state index contributed by atoms with van der Waals surface area (Å²) in [6, 6.07) is 7.26. The van der Waals surface area contributed by atoms with Gasteiger partial charge in [0, 0.05) is 16.7 Å². The lowest BCUT2D eigenvalue weighted by Crippen LogP contribution is -1.95. The molecule has 18 heavy (non-hydrogen) atoms. The van der Waals surface area contributed by atoms with Crippen LogP contribution in [0, 0.1) is 13.8 Å². The average Bonchev–Trinajstić information content (AvgIpc) is 2.64. The van der Waals surface area contributed by atoms with Crippen LogP contribution < -0.4 is 0 Å². The summed E-state index contributed by atoms with van der Waals surface area (Å²) in [5, 5.41) is 0.951. The van der Waals surface area contributed by atoms with Crippen LogP contribution in [0.2, 0.25) is 10.0 Å². The maximum Gasteiger partial charge on any atom is 0.194 e. The summed E-state index contributed by atoms with van der Waals surface area (Å²) in [5.41, 5.74) is 5.31. The number of fused-ring (bicyclic) bond motifs is 3. The zero-order valence-corrected chi connectivity index (χ0v) is 11.5. The molecule has 0 atom stereocenters. The van der Waals surface area contributed by atoms with E-state index in [9.17, 15) is 4.79 Å². The Balaban J connectivity index is 2.48. The van der Waals surface area contributed by atoms with Crippen LogP contribution in [0.5, 0.6) is 0 Å². The van der Waals surface area contributed by atoms with Crippen molar-refractivity contribution in [2.24, 2.45) is 0 Å². The number of hydrogen-bond acceptors (Lipinski definition) is 1. The molecule has 1 nitrogen and oxygen atoms in total. The highest BCUT2D eigenvalue weighted by molar-refractivity contribution is 6.45. The van der Waals surface area contributed by atoms with Crippen molar-refractivity contribution < 1.29 is 4.79 Å². The van der Waals surface area contributed by atoms with Gasteiger partial charge in [-0.2, -0.15) is 0 Å². The van der Waals surface area contributed by atoms with Crippen molar-refractivity contribution in [3.63, 3.8) is 0 Å². The van der Waals surface area contributed by atoms with E-state index in [1.807, 2.05) is 26.0 Å². The minimum atomic E-state index is 0.0293. The fraction of sp³-hybridized carbons (Fsp3) is 0.133. The Hall–Kier alpha value is -1.31. The average molecular weight is 277 g/mol. The van der Waals surface area contributed by atoms with Gasteiger partial charge in [0.05, 0.1) is 10.0 Å². The smallest absolute Gasteiger partial charge is 0.194 e. The van der Waals surface area contributed by atoms with Crippen LogP contribution in [0.4, 0.5) is 0 Å². The van der Waals surface area contributed by atoms with Gasteiger partial charge in [0.15, 0.2) is 5.78 Å². The van der Waals surface area contributed by atoms with Gasteiger partial charge in [-0.05, 0) is 42.7 Å². The summed E-state index contributed by atoms with van der Waals surface area (Å²) in [7, 11) is 0. The van der Waals surface area contributed by atoms with Crippen LogP contribution in [0.15, 0.2) is 24.3 Å². The Kier molecular flexibility index (Phi) is 2.51. The molecule has 3 rings (SSSR count). The number of carbonyl (C=O) groups is 1. The van der Waals surface area contributed by atoms with Crippen molar-refractivity contribution in [3.05, 3.63) is 56.6 Å². The molecule has 0 heterocycles. The second-order valence-electron chi connectivity index (χ2n) is 4.54. The van der Waals surface area contributed by atoms with Crippen LogP contribution in [0.1, 0.15) is 27.0 Å². The van der Waals surface area contributed by atoms with Gasteiger partial charge >= 0.3 is 0 Å². The number of hydrogen-bond donors (Lipinski definition) is 0. The number of halogens is 2. The Morgan fingerprint density at radius 3 is 2.22 bits per heavy atom. The summed E-state index contributed by atoms with van der Waals surface area (Å²) in [5.74, 6) is 0.0293. The third-order valence-electron chi connectivity index (χ3n) is 3.57. The van der Waals surface area contributed by atoms with E-state index in [4.69, 9.17) is 23.2 Å². The second kappa shape index (κ2) is 3.84. The lowest BCUT2D eigenvalue weighted by atomic mass is 9.96. The van der Waals surface area contributed by atoms with E-state index >= 15 is 0 Å². The molecule has 2 aromatic rings. The lowest BCUT2D eigenvalue weighted by Gasteiger charge is -2.09. The van der Waals surface area contributed by atoms with Gasteiger partial charge in [0.1, 0.15) is 0 Å². The number of carbonyl (C=O) groups excluding carboxylic acids is 1. The Labute approximate surface area is 115 Å².